The van der Waals surface area contributed by atoms with E-state index < -0.39 is 0 Å². The molecule has 0 saturated carbocycles. The number of fused-ring (bicyclic) bond motifs is 1. The first-order valence-corrected chi connectivity index (χ1v) is 6.19. The summed E-state index contributed by atoms with van der Waals surface area (Å²) in [5.41, 5.74) is 0.896. The second kappa shape index (κ2) is 5.26. The van der Waals surface area contributed by atoms with Crippen molar-refractivity contribution in [3.8, 4) is 11.8 Å². The zero-order valence-corrected chi connectivity index (χ0v) is 10.2. The van der Waals surface area contributed by atoms with Gasteiger partial charge in [0.15, 0.2) is 5.76 Å². The van der Waals surface area contributed by atoms with Gasteiger partial charge in [0.2, 0.25) is 0 Å². The molecule has 0 spiro atoms. The molecule has 2 aromatic rings. The maximum absolute atomic E-state index is 5.64. The van der Waals surface area contributed by atoms with E-state index in [1.165, 1.54) is 0 Å². The van der Waals surface area contributed by atoms with Crippen LogP contribution in [-0.4, -0.2) is 37.7 Å². The maximum Gasteiger partial charge on any atom is 0.178 e. The molecule has 0 radical (unpaired) electrons. The Morgan fingerprint density at radius 2 is 2.00 bits per heavy atom. The molecule has 1 aliphatic rings. The van der Waals surface area contributed by atoms with E-state index in [1.807, 2.05) is 30.3 Å². The lowest BCUT2D eigenvalue weighted by Crippen LogP contribution is -2.36. The lowest BCUT2D eigenvalue weighted by Gasteiger charge is -2.24. The normalized spacial score (nSPS) is 16.4. The minimum Gasteiger partial charge on any atom is -0.448 e. The third-order valence-corrected chi connectivity index (χ3v) is 3.04. The molecule has 0 amide bonds. The number of ether oxygens (including phenoxy) is 1. The predicted molar refractivity (Wildman–Crippen MR) is 70.4 cm³/mol. The SMILES string of the molecule is C(#Cc1cc2ccccc2o1)CN1CCOCC1. The van der Waals surface area contributed by atoms with Crippen molar-refractivity contribution in [3.05, 3.63) is 36.1 Å². The highest BCUT2D eigenvalue weighted by molar-refractivity contribution is 5.78. The molecular formula is C15H15NO2. The molecule has 3 nitrogen and oxygen atoms in total. The number of benzene rings is 1. The first-order valence-electron chi connectivity index (χ1n) is 6.19. The van der Waals surface area contributed by atoms with Crippen molar-refractivity contribution in [1.82, 2.24) is 4.90 Å². The van der Waals surface area contributed by atoms with Crippen LogP contribution in [0.5, 0.6) is 0 Å². The molecule has 2 heterocycles. The molecule has 0 bridgehead atoms. The van der Waals surface area contributed by atoms with Crippen LogP contribution in [0.25, 0.3) is 11.0 Å². The Kier molecular flexibility index (Phi) is 3.31. The largest absolute Gasteiger partial charge is 0.448 e. The molecule has 1 fully saturated rings. The van der Waals surface area contributed by atoms with E-state index in [0.29, 0.717) is 0 Å². The maximum atomic E-state index is 5.64. The third kappa shape index (κ3) is 2.56. The van der Waals surface area contributed by atoms with Crippen molar-refractivity contribution in [2.45, 2.75) is 0 Å². The van der Waals surface area contributed by atoms with Gasteiger partial charge in [-0.25, -0.2) is 0 Å². The summed E-state index contributed by atoms with van der Waals surface area (Å²) in [6, 6.07) is 9.95. The molecule has 1 aromatic heterocycles. The van der Waals surface area contributed by atoms with Crippen molar-refractivity contribution in [2.75, 3.05) is 32.8 Å². The summed E-state index contributed by atoms with van der Waals surface area (Å²) in [5, 5.41) is 1.10. The molecule has 1 aromatic carbocycles. The molecule has 18 heavy (non-hydrogen) atoms. The van der Waals surface area contributed by atoms with Crippen molar-refractivity contribution in [1.29, 1.82) is 0 Å². The van der Waals surface area contributed by atoms with Gasteiger partial charge < -0.3 is 9.15 Å². The van der Waals surface area contributed by atoms with Gasteiger partial charge in [0.05, 0.1) is 19.8 Å². The predicted octanol–water partition coefficient (Wildman–Crippen LogP) is 2.12. The number of morpholine rings is 1. The molecule has 0 aliphatic carbocycles. The zero-order valence-electron chi connectivity index (χ0n) is 10.2. The lowest BCUT2D eigenvalue weighted by molar-refractivity contribution is 0.0443. The Bertz CT molecular complexity index is 552. The summed E-state index contributed by atoms with van der Waals surface area (Å²) in [6.07, 6.45) is 0. The van der Waals surface area contributed by atoms with Crippen LogP contribution in [0.2, 0.25) is 0 Å². The highest BCUT2D eigenvalue weighted by Crippen LogP contribution is 2.17. The van der Waals surface area contributed by atoms with Crippen LogP contribution in [0.1, 0.15) is 5.76 Å². The molecule has 0 N–H and O–H groups in total. The van der Waals surface area contributed by atoms with Crippen molar-refractivity contribution in [3.63, 3.8) is 0 Å². The molecule has 0 unspecified atom stereocenters. The van der Waals surface area contributed by atoms with E-state index in [4.69, 9.17) is 9.15 Å². The number of rotatable bonds is 1. The molecule has 3 rings (SSSR count). The van der Waals surface area contributed by atoms with E-state index in [0.717, 1.165) is 49.6 Å². The smallest absolute Gasteiger partial charge is 0.178 e. The Morgan fingerprint density at radius 3 is 2.83 bits per heavy atom. The Balaban J connectivity index is 1.68. The highest BCUT2D eigenvalue weighted by Gasteiger charge is 2.07. The zero-order chi connectivity index (χ0) is 12.2. The minimum atomic E-state index is 0.740. The van der Waals surface area contributed by atoms with E-state index >= 15 is 0 Å². The Hall–Kier alpha value is -1.76. The number of hydrogen-bond donors (Lipinski definition) is 0. The van der Waals surface area contributed by atoms with Crippen molar-refractivity contribution < 1.29 is 9.15 Å². The minimum absolute atomic E-state index is 0.740. The van der Waals surface area contributed by atoms with Gasteiger partial charge in [-0.15, -0.1) is 0 Å². The van der Waals surface area contributed by atoms with Gasteiger partial charge in [-0.1, -0.05) is 24.1 Å². The van der Waals surface area contributed by atoms with E-state index in [-0.39, 0.29) is 0 Å². The second-order valence-electron chi connectivity index (χ2n) is 4.34. The molecule has 0 atom stereocenters. The number of furan rings is 1. The highest BCUT2D eigenvalue weighted by atomic mass is 16.5. The van der Waals surface area contributed by atoms with Gasteiger partial charge in [0.1, 0.15) is 5.58 Å². The van der Waals surface area contributed by atoms with E-state index in [1.54, 1.807) is 0 Å². The van der Waals surface area contributed by atoms with Gasteiger partial charge in [-0.05, 0) is 12.0 Å². The van der Waals surface area contributed by atoms with Crippen LogP contribution in [0, 0.1) is 11.8 Å². The number of nitrogens with zero attached hydrogens (tertiary/aromatic N) is 1. The topological polar surface area (TPSA) is 25.6 Å². The molecule has 1 aliphatic heterocycles. The fraction of sp³-hybridized carbons (Fsp3) is 0.333. The summed E-state index contributed by atoms with van der Waals surface area (Å²) in [5.74, 6) is 6.98. The summed E-state index contributed by atoms with van der Waals surface area (Å²) < 4.78 is 10.9. The average Bonchev–Trinajstić information content (AvgIpc) is 2.82. The molecule has 92 valence electrons. The summed E-state index contributed by atoms with van der Waals surface area (Å²) in [6.45, 7) is 4.34. The number of para-hydroxylation sites is 1. The van der Waals surface area contributed by atoms with Gasteiger partial charge >= 0.3 is 0 Å². The standard InChI is InChI=1S/C15H15NO2/c1-2-6-15-13(4-1)12-14(18-15)5-3-7-16-8-10-17-11-9-16/h1-2,4,6,12H,7-11H2. The Morgan fingerprint density at radius 1 is 1.17 bits per heavy atom. The van der Waals surface area contributed by atoms with E-state index in [9.17, 15) is 0 Å². The van der Waals surface area contributed by atoms with Crippen LogP contribution >= 0.6 is 0 Å². The molecular weight excluding hydrogens is 226 g/mol. The fourth-order valence-electron chi connectivity index (χ4n) is 2.04. The van der Waals surface area contributed by atoms with Crippen molar-refractivity contribution >= 4 is 11.0 Å². The van der Waals surface area contributed by atoms with Crippen LogP contribution in [0.3, 0.4) is 0 Å². The van der Waals surface area contributed by atoms with Gasteiger partial charge in [0.25, 0.3) is 0 Å². The summed E-state index contributed by atoms with van der Waals surface area (Å²) in [7, 11) is 0. The lowest BCUT2D eigenvalue weighted by atomic mass is 10.2. The van der Waals surface area contributed by atoms with Crippen molar-refractivity contribution in [2.24, 2.45) is 0 Å². The number of hydrogen-bond acceptors (Lipinski definition) is 3. The van der Waals surface area contributed by atoms with Gasteiger partial charge in [0, 0.05) is 24.5 Å². The van der Waals surface area contributed by atoms with E-state index in [2.05, 4.69) is 16.7 Å². The molecule has 1 saturated heterocycles. The van der Waals surface area contributed by atoms with Crippen LogP contribution < -0.4 is 0 Å². The monoisotopic (exact) mass is 241 g/mol. The van der Waals surface area contributed by atoms with Crippen LogP contribution in [0.15, 0.2) is 34.7 Å². The molecule has 3 heteroatoms. The average molecular weight is 241 g/mol. The summed E-state index contributed by atoms with van der Waals surface area (Å²) in [4.78, 5) is 2.29. The quantitative estimate of drug-likeness (QED) is 0.715. The summed E-state index contributed by atoms with van der Waals surface area (Å²) >= 11 is 0. The Labute approximate surface area is 106 Å². The second-order valence-corrected chi connectivity index (χ2v) is 4.34. The van der Waals surface area contributed by atoms with Crippen LogP contribution in [-0.2, 0) is 4.74 Å². The van der Waals surface area contributed by atoms with Gasteiger partial charge in [-0.3, -0.25) is 4.90 Å². The van der Waals surface area contributed by atoms with Crippen LogP contribution in [0.4, 0.5) is 0 Å². The fourth-order valence-corrected chi connectivity index (χ4v) is 2.04. The first-order chi connectivity index (χ1) is 8.92. The third-order valence-electron chi connectivity index (χ3n) is 3.04. The first kappa shape index (κ1) is 11.3. The van der Waals surface area contributed by atoms with Gasteiger partial charge in [-0.2, -0.15) is 0 Å².